The third kappa shape index (κ3) is 1.64. The summed E-state index contributed by atoms with van der Waals surface area (Å²) in [5.41, 5.74) is 9.74. The van der Waals surface area contributed by atoms with Crippen LogP contribution in [0.25, 0.3) is 11.0 Å². The van der Waals surface area contributed by atoms with E-state index in [2.05, 4.69) is 0 Å². The van der Waals surface area contributed by atoms with Crippen molar-refractivity contribution in [1.29, 1.82) is 0 Å². The van der Waals surface area contributed by atoms with Crippen LogP contribution in [0.1, 0.15) is 16.7 Å². The molecule has 0 aliphatic carbocycles. The highest BCUT2D eigenvalue weighted by molar-refractivity contribution is 6.33. The van der Waals surface area contributed by atoms with E-state index in [0.29, 0.717) is 6.54 Å². The molecular weight excluding hydrogens is 210 g/mol. The zero-order chi connectivity index (χ0) is 11.0. The Labute approximate surface area is 94.0 Å². The van der Waals surface area contributed by atoms with Crippen LogP contribution < -0.4 is 5.73 Å². The van der Waals surface area contributed by atoms with Gasteiger partial charge in [0.05, 0.1) is 6.26 Å². The van der Waals surface area contributed by atoms with Gasteiger partial charge in [0, 0.05) is 10.4 Å². The number of nitrogens with two attached hydrogens (primary N) is 1. The van der Waals surface area contributed by atoms with Gasteiger partial charge >= 0.3 is 0 Å². The first-order valence-electron chi connectivity index (χ1n) is 5.01. The molecule has 0 bridgehead atoms. The second-order valence-corrected chi connectivity index (χ2v) is 4.18. The number of rotatable bonds is 2. The van der Waals surface area contributed by atoms with Crippen molar-refractivity contribution in [3.8, 4) is 0 Å². The summed E-state index contributed by atoms with van der Waals surface area (Å²) < 4.78 is 5.50. The molecule has 0 radical (unpaired) electrons. The highest BCUT2D eigenvalue weighted by Gasteiger charge is 2.12. The van der Waals surface area contributed by atoms with Crippen molar-refractivity contribution in [3.63, 3.8) is 0 Å². The number of halogens is 1. The van der Waals surface area contributed by atoms with Crippen LogP contribution in [0.4, 0.5) is 0 Å². The molecule has 0 saturated heterocycles. The molecule has 1 aromatic heterocycles. The van der Waals surface area contributed by atoms with Gasteiger partial charge in [0.25, 0.3) is 0 Å². The molecule has 0 fully saturated rings. The minimum absolute atomic E-state index is 0.625. The van der Waals surface area contributed by atoms with E-state index in [1.54, 1.807) is 6.26 Å². The van der Waals surface area contributed by atoms with E-state index < -0.39 is 0 Å². The van der Waals surface area contributed by atoms with Crippen molar-refractivity contribution < 1.29 is 4.42 Å². The number of hydrogen-bond donors (Lipinski definition) is 1. The molecular formula is C12H14ClNO. The highest BCUT2D eigenvalue weighted by atomic mass is 35.5. The summed E-state index contributed by atoms with van der Waals surface area (Å²) >= 11 is 6.21. The van der Waals surface area contributed by atoms with Crippen LogP contribution in [0, 0.1) is 13.8 Å². The zero-order valence-electron chi connectivity index (χ0n) is 8.93. The van der Waals surface area contributed by atoms with E-state index in [1.165, 1.54) is 0 Å². The van der Waals surface area contributed by atoms with Gasteiger partial charge in [-0.25, -0.2) is 0 Å². The van der Waals surface area contributed by atoms with Crippen molar-refractivity contribution >= 4 is 22.6 Å². The fourth-order valence-corrected chi connectivity index (χ4v) is 2.10. The van der Waals surface area contributed by atoms with Crippen LogP contribution in [0.5, 0.6) is 0 Å². The summed E-state index contributed by atoms with van der Waals surface area (Å²) in [6, 6.07) is 1.98. The van der Waals surface area contributed by atoms with Crippen LogP contribution >= 0.6 is 11.6 Å². The molecule has 80 valence electrons. The maximum atomic E-state index is 6.21. The Hall–Kier alpha value is -0.990. The fraction of sp³-hybridized carbons (Fsp3) is 0.333. The standard InChI is InChI=1S/C12H14ClNO/c1-7-5-10-11(8(2)12(7)13)9(3-4-14)6-15-10/h5-6H,3-4,14H2,1-2H3. The van der Waals surface area contributed by atoms with Crippen molar-refractivity contribution in [2.75, 3.05) is 6.54 Å². The lowest BCUT2D eigenvalue weighted by molar-refractivity contribution is 0.610. The average Bonchev–Trinajstić information content (AvgIpc) is 2.59. The lowest BCUT2D eigenvalue weighted by Crippen LogP contribution is -2.02. The monoisotopic (exact) mass is 223 g/mol. The predicted octanol–water partition coefficient (Wildman–Crippen LogP) is 3.20. The first-order chi connectivity index (χ1) is 7.15. The van der Waals surface area contributed by atoms with Crippen LogP contribution in [-0.4, -0.2) is 6.54 Å². The summed E-state index contributed by atoms with van der Waals surface area (Å²) in [5.74, 6) is 0. The molecule has 0 spiro atoms. The van der Waals surface area contributed by atoms with Gasteiger partial charge in [-0.3, -0.25) is 0 Å². The Kier molecular flexibility index (Phi) is 2.72. The van der Waals surface area contributed by atoms with Crippen molar-refractivity contribution in [2.45, 2.75) is 20.3 Å². The first kappa shape index (κ1) is 10.5. The summed E-state index contributed by atoms with van der Waals surface area (Å²) in [7, 11) is 0. The Bertz CT molecular complexity index is 502. The summed E-state index contributed by atoms with van der Waals surface area (Å²) in [5, 5.41) is 1.94. The van der Waals surface area contributed by atoms with Crippen molar-refractivity contribution in [2.24, 2.45) is 5.73 Å². The number of hydrogen-bond acceptors (Lipinski definition) is 2. The quantitative estimate of drug-likeness (QED) is 0.849. The minimum atomic E-state index is 0.625. The normalized spacial score (nSPS) is 11.2. The average molecular weight is 224 g/mol. The van der Waals surface area contributed by atoms with Gasteiger partial charge in [-0.1, -0.05) is 11.6 Å². The minimum Gasteiger partial charge on any atom is -0.464 e. The van der Waals surface area contributed by atoms with E-state index in [9.17, 15) is 0 Å². The Morgan fingerprint density at radius 2 is 2.13 bits per heavy atom. The second-order valence-electron chi connectivity index (χ2n) is 3.81. The smallest absolute Gasteiger partial charge is 0.134 e. The summed E-state index contributed by atoms with van der Waals surface area (Å²) in [6.07, 6.45) is 2.60. The van der Waals surface area contributed by atoms with Gasteiger partial charge in [0.15, 0.2) is 0 Å². The number of fused-ring (bicyclic) bond motifs is 1. The molecule has 15 heavy (non-hydrogen) atoms. The molecule has 2 N–H and O–H groups in total. The van der Waals surface area contributed by atoms with Crippen molar-refractivity contribution in [3.05, 3.63) is 34.0 Å². The Balaban J connectivity index is 2.74. The summed E-state index contributed by atoms with van der Waals surface area (Å²) in [4.78, 5) is 0. The molecule has 1 heterocycles. The molecule has 2 aromatic rings. The van der Waals surface area contributed by atoms with E-state index in [-0.39, 0.29) is 0 Å². The van der Waals surface area contributed by atoms with E-state index in [4.69, 9.17) is 21.8 Å². The fourth-order valence-electron chi connectivity index (χ4n) is 1.95. The number of benzene rings is 1. The number of furan rings is 1. The topological polar surface area (TPSA) is 39.2 Å². The predicted molar refractivity (Wildman–Crippen MR) is 63.5 cm³/mol. The zero-order valence-corrected chi connectivity index (χ0v) is 9.69. The Morgan fingerprint density at radius 3 is 2.80 bits per heavy atom. The van der Waals surface area contributed by atoms with Gasteiger partial charge in [-0.15, -0.1) is 0 Å². The maximum Gasteiger partial charge on any atom is 0.134 e. The lowest BCUT2D eigenvalue weighted by atomic mass is 10.0. The maximum absolute atomic E-state index is 6.21. The summed E-state index contributed by atoms with van der Waals surface area (Å²) in [6.45, 7) is 4.63. The van der Waals surface area contributed by atoms with Crippen LogP contribution in [-0.2, 0) is 6.42 Å². The Morgan fingerprint density at radius 1 is 1.40 bits per heavy atom. The lowest BCUT2D eigenvalue weighted by Gasteiger charge is -2.04. The SMILES string of the molecule is Cc1cc2occ(CCN)c2c(C)c1Cl. The first-order valence-corrected chi connectivity index (χ1v) is 5.38. The largest absolute Gasteiger partial charge is 0.464 e. The molecule has 1 aromatic carbocycles. The molecule has 0 amide bonds. The molecule has 0 aliphatic heterocycles. The molecule has 0 saturated carbocycles. The van der Waals surface area contributed by atoms with Crippen molar-refractivity contribution in [1.82, 2.24) is 0 Å². The van der Waals surface area contributed by atoms with Crippen LogP contribution in [0.15, 0.2) is 16.7 Å². The van der Waals surface area contributed by atoms with Crippen LogP contribution in [0.2, 0.25) is 5.02 Å². The second kappa shape index (κ2) is 3.87. The van der Waals surface area contributed by atoms with E-state index in [1.807, 2.05) is 19.9 Å². The third-order valence-corrected chi connectivity index (χ3v) is 3.29. The third-order valence-electron chi connectivity index (χ3n) is 2.71. The molecule has 0 unspecified atom stereocenters. The highest BCUT2D eigenvalue weighted by Crippen LogP contribution is 2.32. The van der Waals surface area contributed by atoms with E-state index in [0.717, 1.165) is 39.1 Å². The van der Waals surface area contributed by atoms with E-state index >= 15 is 0 Å². The van der Waals surface area contributed by atoms with Gasteiger partial charge < -0.3 is 10.2 Å². The molecule has 0 atom stereocenters. The van der Waals surface area contributed by atoms with Gasteiger partial charge in [0.2, 0.25) is 0 Å². The molecule has 2 rings (SSSR count). The van der Waals surface area contributed by atoms with Gasteiger partial charge in [0.1, 0.15) is 5.58 Å². The molecule has 3 heteroatoms. The number of aryl methyl sites for hydroxylation is 2. The van der Waals surface area contributed by atoms with Crippen LogP contribution in [0.3, 0.4) is 0 Å². The molecule has 2 nitrogen and oxygen atoms in total. The molecule has 0 aliphatic rings. The van der Waals surface area contributed by atoms with Gasteiger partial charge in [-0.2, -0.15) is 0 Å². The van der Waals surface area contributed by atoms with Gasteiger partial charge in [-0.05, 0) is 49.6 Å².